The minimum Gasteiger partial charge on any atom is -0.462 e. The molecular formula is C18H22N4O3. The van der Waals surface area contributed by atoms with Gasteiger partial charge in [0, 0.05) is 6.54 Å². The van der Waals surface area contributed by atoms with E-state index in [-0.39, 0.29) is 23.4 Å². The van der Waals surface area contributed by atoms with E-state index in [0.29, 0.717) is 23.6 Å². The van der Waals surface area contributed by atoms with Crippen molar-refractivity contribution in [3.05, 3.63) is 51.3 Å². The summed E-state index contributed by atoms with van der Waals surface area (Å²) in [6, 6.07) is 7.41. The molecule has 2 aromatic rings. The molecule has 1 aliphatic rings. The monoisotopic (exact) mass is 342 g/mol. The number of fused-ring (bicyclic) bond motifs is 1. The lowest BCUT2D eigenvalue weighted by molar-refractivity contribution is 0.0526. The van der Waals surface area contributed by atoms with Crippen LogP contribution in [0.25, 0.3) is 0 Å². The molecule has 0 saturated carbocycles. The van der Waals surface area contributed by atoms with Crippen LogP contribution < -0.4 is 16.6 Å². The lowest BCUT2D eigenvalue weighted by Crippen LogP contribution is -2.28. The number of aryl methyl sites for hydroxylation is 1. The van der Waals surface area contributed by atoms with Crippen LogP contribution in [0.15, 0.2) is 29.1 Å². The van der Waals surface area contributed by atoms with Gasteiger partial charge in [-0.15, -0.1) is 0 Å². The van der Waals surface area contributed by atoms with E-state index in [2.05, 4.69) is 15.3 Å². The Hall–Kier alpha value is -2.83. The number of nitrogen functional groups attached to an aromatic ring is 1. The number of aromatic nitrogens is 2. The van der Waals surface area contributed by atoms with Crippen molar-refractivity contribution in [2.75, 3.05) is 24.2 Å². The standard InChI is InChI=1S/C18H22N4O3/c1-2-25-17(24)13-7-4-11(5-8-13)3-6-12-9-10-20-15-14(12)16(23)22-18(19)21-15/h4-5,7-8,12H,2-3,6,9-10H2,1H3,(H4,19,20,21,22,23). The van der Waals surface area contributed by atoms with E-state index in [1.54, 1.807) is 19.1 Å². The van der Waals surface area contributed by atoms with Gasteiger partial charge in [0.2, 0.25) is 5.95 Å². The van der Waals surface area contributed by atoms with Crippen LogP contribution >= 0.6 is 0 Å². The zero-order valence-electron chi connectivity index (χ0n) is 14.2. The fourth-order valence-electron chi connectivity index (χ4n) is 3.17. The summed E-state index contributed by atoms with van der Waals surface area (Å²) in [5.41, 5.74) is 7.79. The molecule has 7 heteroatoms. The molecule has 1 atom stereocenters. The third kappa shape index (κ3) is 3.81. The smallest absolute Gasteiger partial charge is 0.338 e. The average Bonchev–Trinajstić information content (AvgIpc) is 2.60. The molecule has 0 saturated heterocycles. The van der Waals surface area contributed by atoms with Gasteiger partial charge in [0.25, 0.3) is 5.56 Å². The lowest BCUT2D eigenvalue weighted by atomic mass is 9.88. The van der Waals surface area contributed by atoms with Gasteiger partial charge in [0.1, 0.15) is 5.82 Å². The maximum Gasteiger partial charge on any atom is 0.338 e. The van der Waals surface area contributed by atoms with Crippen molar-refractivity contribution < 1.29 is 9.53 Å². The minimum atomic E-state index is -0.309. The molecule has 1 aromatic carbocycles. The Morgan fingerprint density at radius 2 is 2.12 bits per heavy atom. The summed E-state index contributed by atoms with van der Waals surface area (Å²) in [5, 5.41) is 3.14. The number of hydrogen-bond donors (Lipinski definition) is 3. The number of rotatable bonds is 5. The first kappa shape index (κ1) is 17.0. The predicted molar refractivity (Wildman–Crippen MR) is 95.8 cm³/mol. The number of aromatic amines is 1. The molecule has 0 aliphatic carbocycles. The van der Waals surface area contributed by atoms with Gasteiger partial charge in [0.05, 0.1) is 17.7 Å². The van der Waals surface area contributed by atoms with Gasteiger partial charge in [0.15, 0.2) is 0 Å². The molecule has 0 bridgehead atoms. The number of carbonyl (C=O) groups excluding carboxylic acids is 1. The van der Waals surface area contributed by atoms with Gasteiger partial charge in [-0.3, -0.25) is 9.78 Å². The number of nitrogens with one attached hydrogen (secondary N) is 2. The molecule has 0 fully saturated rings. The quantitative estimate of drug-likeness (QED) is 0.718. The minimum absolute atomic E-state index is 0.131. The number of nitrogens with zero attached hydrogens (tertiary/aromatic N) is 1. The third-order valence-corrected chi connectivity index (χ3v) is 4.41. The highest BCUT2D eigenvalue weighted by atomic mass is 16.5. The zero-order valence-corrected chi connectivity index (χ0v) is 14.2. The second kappa shape index (κ2) is 7.38. The predicted octanol–water partition coefficient (Wildman–Crippen LogP) is 2.06. The van der Waals surface area contributed by atoms with Gasteiger partial charge in [-0.1, -0.05) is 12.1 Å². The number of anilines is 2. The Morgan fingerprint density at radius 3 is 2.84 bits per heavy atom. The summed E-state index contributed by atoms with van der Waals surface area (Å²) in [6.07, 6.45) is 2.53. The topological polar surface area (TPSA) is 110 Å². The Morgan fingerprint density at radius 1 is 1.36 bits per heavy atom. The van der Waals surface area contributed by atoms with Gasteiger partial charge in [-0.05, 0) is 49.8 Å². The van der Waals surface area contributed by atoms with Crippen LogP contribution in [0.1, 0.15) is 47.2 Å². The molecule has 2 heterocycles. The number of nitrogens with two attached hydrogens (primary N) is 1. The zero-order chi connectivity index (χ0) is 17.8. The number of esters is 1. The van der Waals surface area contributed by atoms with Crippen molar-refractivity contribution in [2.24, 2.45) is 0 Å². The first-order valence-corrected chi connectivity index (χ1v) is 8.48. The second-order valence-corrected chi connectivity index (χ2v) is 6.08. The maximum atomic E-state index is 12.2. The van der Waals surface area contributed by atoms with Crippen molar-refractivity contribution in [2.45, 2.75) is 32.1 Å². The number of ether oxygens (including phenoxy) is 1. The van der Waals surface area contributed by atoms with E-state index < -0.39 is 0 Å². The van der Waals surface area contributed by atoms with Crippen LogP contribution in [-0.2, 0) is 11.2 Å². The Kier molecular flexibility index (Phi) is 5.02. The summed E-state index contributed by atoms with van der Waals surface area (Å²) in [6.45, 7) is 2.92. The summed E-state index contributed by atoms with van der Waals surface area (Å²) < 4.78 is 4.98. The van der Waals surface area contributed by atoms with Crippen LogP contribution in [-0.4, -0.2) is 29.1 Å². The molecule has 25 heavy (non-hydrogen) atoms. The fourth-order valence-corrected chi connectivity index (χ4v) is 3.17. The molecule has 0 radical (unpaired) electrons. The van der Waals surface area contributed by atoms with Crippen molar-refractivity contribution in [3.63, 3.8) is 0 Å². The highest BCUT2D eigenvalue weighted by molar-refractivity contribution is 5.89. The molecule has 1 aromatic heterocycles. The number of carbonyl (C=O) groups is 1. The van der Waals surface area contributed by atoms with Gasteiger partial charge in [-0.2, -0.15) is 4.98 Å². The summed E-state index contributed by atoms with van der Waals surface area (Å²) in [4.78, 5) is 30.7. The Balaban J connectivity index is 1.69. The summed E-state index contributed by atoms with van der Waals surface area (Å²) >= 11 is 0. The highest BCUT2D eigenvalue weighted by Gasteiger charge is 2.24. The molecule has 7 nitrogen and oxygen atoms in total. The Bertz CT molecular complexity index is 814. The summed E-state index contributed by atoms with van der Waals surface area (Å²) in [5.74, 6) is 0.552. The van der Waals surface area contributed by atoms with Crippen molar-refractivity contribution in [1.82, 2.24) is 9.97 Å². The van der Waals surface area contributed by atoms with E-state index in [9.17, 15) is 9.59 Å². The second-order valence-electron chi connectivity index (χ2n) is 6.08. The van der Waals surface area contributed by atoms with Crippen LogP contribution in [0.5, 0.6) is 0 Å². The molecule has 4 N–H and O–H groups in total. The van der Waals surface area contributed by atoms with Gasteiger partial charge >= 0.3 is 5.97 Å². The van der Waals surface area contributed by atoms with Crippen LogP contribution in [0, 0.1) is 0 Å². The number of benzene rings is 1. The molecule has 0 spiro atoms. The maximum absolute atomic E-state index is 12.2. The highest BCUT2D eigenvalue weighted by Crippen LogP contribution is 2.31. The molecular weight excluding hydrogens is 320 g/mol. The molecule has 3 rings (SSSR count). The average molecular weight is 342 g/mol. The molecule has 1 unspecified atom stereocenters. The normalized spacial score (nSPS) is 16.0. The first-order valence-electron chi connectivity index (χ1n) is 8.48. The lowest BCUT2D eigenvalue weighted by Gasteiger charge is -2.25. The summed E-state index contributed by atoms with van der Waals surface area (Å²) in [7, 11) is 0. The van der Waals surface area contributed by atoms with Gasteiger partial charge in [-0.25, -0.2) is 4.79 Å². The van der Waals surface area contributed by atoms with E-state index in [1.807, 2.05) is 12.1 Å². The van der Waals surface area contributed by atoms with Crippen molar-refractivity contribution in [1.29, 1.82) is 0 Å². The molecule has 132 valence electrons. The number of H-pyrrole nitrogens is 1. The van der Waals surface area contributed by atoms with Crippen LogP contribution in [0.4, 0.5) is 11.8 Å². The van der Waals surface area contributed by atoms with Gasteiger partial charge < -0.3 is 15.8 Å². The molecule has 1 aliphatic heterocycles. The number of hydrogen-bond acceptors (Lipinski definition) is 6. The van der Waals surface area contributed by atoms with Crippen molar-refractivity contribution >= 4 is 17.7 Å². The Labute approximate surface area is 145 Å². The fraction of sp³-hybridized carbons (Fsp3) is 0.389. The van der Waals surface area contributed by atoms with Crippen molar-refractivity contribution in [3.8, 4) is 0 Å². The largest absolute Gasteiger partial charge is 0.462 e. The van der Waals surface area contributed by atoms with Crippen LogP contribution in [0.3, 0.4) is 0 Å². The third-order valence-electron chi connectivity index (χ3n) is 4.41. The first-order chi connectivity index (χ1) is 12.1. The van der Waals surface area contributed by atoms with E-state index in [4.69, 9.17) is 10.5 Å². The van der Waals surface area contributed by atoms with E-state index in [0.717, 1.165) is 31.4 Å². The van der Waals surface area contributed by atoms with E-state index >= 15 is 0 Å². The van der Waals surface area contributed by atoms with Crippen LogP contribution in [0.2, 0.25) is 0 Å². The van der Waals surface area contributed by atoms with E-state index in [1.165, 1.54) is 0 Å². The SMILES string of the molecule is CCOC(=O)c1ccc(CCC2CCNc3nc(N)[nH]c(=O)c32)cc1. The molecule has 0 amide bonds.